The van der Waals surface area contributed by atoms with Crippen molar-refractivity contribution >= 4 is 22.8 Å². The minimum absolute atomic E-state index is 0.0987. The molecule has 1 fully saturated rings. The molecule has 1 amide bonds. The summed E-state index contributed by atoms with van der Waals surface area (Å²) in [5.41, 5.74) is 1.60. The van der Waals surface area contributed by atoms with E-state index in [-0.39, 0.29) is 11.5 Å². The van der Waals surface area contributed by atoms with Crippen LogP contribution in [0.15, 0.2) is 35.6 Å². The summed E-state index contributed by atoms with van der Waals surface area (Å²) in [5.74, 6) is 0.812. The number of aromatic nitrogens is 5. The topological polar surface area (TPSA) is 109 Å². The summed E-state index contributed by atoms with van der Waals surface area (Å²) >= 11 is 0. The predicted octanol–water partition coefficient (Wildman–Crippen LogP) is 0.579. The molecule has 0 unspecified atom stereocenters. The van der Waals surface area contributed by atoms with E-state index in [9.17, 15) is 9.59 Å². The number of carbonyl (C=O) groups is 1. The molecule has 0 bridgehead atoms. The molecule has 1 saturated heterocycles. The average molecular weight is 411 g/mol. The van der Waals surface area contributed by atoms with E-state index in [1.807, 2.05) is 35.0 Å². The summed E-state index contributed by atoms with van der Waals surface area (Å²) in [4.78, 5) is 36.8. The van der Waals surface area contributed by atoms with Crippen LogP contribution in [0.4, 0.5) is 5.95 Å². The number of anilines is 1. The van der Waals surface area contributed by atoms with Gasteiger partial charge in [0.1, 0.15) is 0 Å². The largest absolute Gasteiger partial charge is 0.379 e. The van der Waals surface area contributed by atoms with E-state index in [1.165, 1.54) is 0 Å². The van der Waals surface area contributed by atoms with Crippen LogP contribution in [0.1, 0.15) is 12.0 Å². The number of nitrogens with one attached hydrogen (secondary N) is 1. The maximum absolute atomic E-state index is 12.4. The molecule has 3 aromatic heterocycles. The van der Waals surface area contributed by atoms with Gasteiger partial charge in [-0.3, -0.25) is 9.59 Å². The Hall–Kier alpha value is -3.27. The first-order chi connectivity index (χ1) is 14.6. The summed E-state index contributed by atoms with van der Waals surface area (Å²) in [5, 5.41) is 6.86. The van der Waals surface area contributed by atoms with E-state index in [0.717, 1.165) is 24.2 Å². The van der Waals surface area contributed by atoms with Gasteiger partial charge in [-0.15, -0.1) is 0 Å². The molecule has 0 aliphatic carbocycles. The molecule has 1 aliphatic heterocycles. The molecule has 0 saturated carbocycles. The van der Waals surface area contributed by atoms with E-state index in [4.69, 9.17) is 4.74 Å². The standard InChI is InChI=1S/C20H25N7O3/c1-15-12-21-20(22-13-15)27-7-5-26(6-8-27)18(28)3-10-30-11-9-25-4-2-16-17(25)14-23-24-19(16)29/h2,4,12-14H,3,5-11H2,1H3,(H,24,29). The number of amides is 1. The number of aromatic amines is 1. The number of H-pyrrole nitrogens is 1. The second kappa shape index (κ2) is 9.04. The quantitative estimate of drug-likeness (QED) is 0.566. The van der Waals surface area contributed by atoms with Gasteiger partial charge in [0.05, 0.1) is 36.7 Å². The molecule has 10 heteroatoms. The Morgan fingerprint density at radius 1 is 1.13 bits per heavy atom. The van der Waals surface area contributed by atoms with Crippen LogP contribution in [0.3, 0.4) is 0 Å². The highest BCUT2D eigenvalue weighted by atomic mass is 16.5. The summed E-state index contributed by atoms with van der Waals surface area (Å²) in [6.07, 6.45) is 7.44. The lowest BCUT2D eigenvalue weighted by Crippen LogP contribution is -2.49. The van der Waals surface area contributed by atoms with Gasteiger partial charge >= 0.3 is 0 Å². The number of aryl methyl sites for hydroxylation is 1. The van der Waals surface area contributed by atoms with Crippen LogP contribution < -0.4 is 10.5 Å². The van der Waals surface area contributed by atoms with Gasteiger partial charge in [-0.05, 0) is 18.6 Å². The molecule has 0 aromatic carbocycles. The lowest BCUT2D eigenvalue weighted by atomic mass is 10.3. The van der Waals surface area contributed by atoms with Crippen LogP contribution in [0.25, 0.3) is 10.9 Å². The summed E-state index contributed by atoms with van der Waals surface area (Å²) in [6, 6.07) is 1.76. The van der Waals surface area contributed by atoms with E-state index in [2.05, 4.69) is 25.1 Å². The highest BCUT2D eigenvalue weighted by Gasteiger charge is 2.22. The zero-order valence-electron chi connectivity index (χ0n) is 17.0. The van der Waals surface area contributed by atoms with Crippen molar-refractivity contribution in [3.05, 3.63) is 46.8 Å². The van der Waals surface area contributed by atoms with Crippen molar-refractivity contribution in [3.63, 3.8) is 0 Å². The van der Waals surface area contributed by atoms with Crippen molar-refractivity contribution in [2.45, 2.75) is 19.9 Å². The van der Waals surface area contributed by atoms with E-state index in [1.54, 1.807) is 12.3 Å². The minimum Gasteiger partial charge on any atom is -0.379 e. The fraction of sp³-hybridized carbons (Fsp3) is 0.450. The number of rotatable bonds is 7. The molecule has 4 heterocycles. The zero-order chi connectivity index (χ0) is 20.9. The SMILES string of the molecule is Cc1cnc(N2CCN(C(=O)CCOCCn3ccc4c(=O)[nH]ncc43)CC2)nc1. The van der Waals surface area contributed by atoms with Gasteiger partial charge < -0.3 is 19.1 Å². The summed E-state index contributed by atoms with van der Waals surface area (Å²) in [6.45, 7) is 6.16. The molecule has 4 rings (SSSR count). The van der Waals surface area contributed by atoms with Crippen LogP contribution in [0.2, 0.25) is 0 Å². The van der Waals surface area contributed by atoms with Crippen molar-refractivity contribution in [3.8, 4) is 0 Å². The molecular formula is C20H25N7O3. The smallest absolute Gasteiger partial charge is 0.273 e. The van der Waals surface area contributed by atoms with Crippen LogP contribution >= 0.6 is 0 Å². The maximum Gasteiger partial charge on any atom is 0.273 e. The Kier molecular flexibility index (Phi) is 6.03. The number of carbonyl (C=O) groups excluding carboxylic acids is 1. The van der Waals surface area contributed by atoms with Crippen LogP contribution in [-0.2, 0) is 16.1 Å². The molecule has 0 spiro atoms. The van der Waals surface area contributed by atoms with Gasteiger partial charge in [0, 0.05) is 51.3 Å². The van der Waals surface area contributed by atoms with Gasteiger partial charge in [-0.2, -0.15) is 5.10 Å². The molecule has 0 radical (unpaired) electrons. The normalized spacial score (nSPS) is 14.4. The molecule has 158 valence electrons. The van der Waals surface area contributed by atoms with Crippen molar-refractivity contribution in [1.82, 2.24) is 29.6 Å². The number of hydrogen-bond donors (Lipinski definition) is 1. The van der Waals surface area contributed by atoms with E-state index < -0.39 is 0 Å². The summed E-state index contributed by atoms with van der Waals surface area (Å²) in [7, 11) is 0. The number of nitrogens with zero attached hydrogens (tertiary/aromatic N) is 6. The van der Waals surface area contributed by atoms with E-state index >= 15 is 0 Å². The second-order valence-corrected chi connectivity index (χ2v) is 7.30. The van der Waals surface area contributed by atoms with Gasteiger partial charge in [0.25, 0.3) is 5.56 Å². The van der Waals surface area contributed by atoms with Crippen molar-refractivity contribution in [2.24, 2.45) is 0 Å². The summed E-state index contributed by atoms with van der Waals surface area (Å²) < 4.78 is 7.57. The molecule has 30 heavy (non-hydrogen) atoms. The van der Waals surface area contributed by atoms with Crippen molar-refractivity contribution in [1.29, 1.82) is 0 Å². The van der Waals surface area contributed by atoms with Gasteiger partial charge in [0.2, 0.25) is 11.9 Å². The Bertz CT molecular complexity index is 1050. The third-order valence-corrected chi connectivity index (χ3v) is 5.22. The average Bonchev–Trinajstić information content (AvgIpc) is 3.18. The maximum atomic E-state index is 12.4. The number of ether oxygens (including phenoxy) is 1. The Labute approximate surface area is 173 Å². The molecular weight excluding hydrogens is 386 g/mol. The number of piperazine rings is 1. The van der Waals surface area contributed by atoms with Gasteiger partial charge in [-0.25, -0.2) is 15.1 Å². The lowest BCUT2D eigenvalue weighted by Gasteiger charge is -2.34. The highest BCUT2D eigenvalue weighted by Crippen LogP contribution is 2.12. The van der Waals surface area contributed by atoms with Gasteiger partial charge in [-0.1, -0.05) is 0 Å². The van der Waals surface area contributed by atoms with Crippen LogP contribution in [0.5, 0.6) is 0 Å². The highest BCUT2D eigenvalue weighted by molar-refractivity contribution is 5.78. The zero-order valence-corrected chi connectivity index (χ0v) is 17.0. The molecule has 1 aliphatic rings. The fourth-order valence-electron chi connectivity index (χ4n) is 3.52. The van der Waals surface area contributed by atoms with Crippen LogP contribution in [-0.4, -0.2) is 74.9 Å². The van der Waals surface area contributed by atoms with Crippen molar-refractivity contribution in [2.75, 3.05) is 44.3 Å². The predicted molar refractivity (Wildman–Crippen MR) is 111 cm³/mol. The molecule has 0 atom stereocenters. The Balaban J connectivity index is 1.17. The first kappa shape index (κ1) is 20.0. The first-order valence-corrected chi connectivity index (χ1v) is 10.0. The van der Waals surface area contributed by atoms with Crippen molar-refractivity contribution < 1.29 is 9.53 Å². The third kappa shape index (κ3) is 4.48. The Morgan fingerprint density at radius 2 is 1.90 bits per heavy atom. The second-order valence-electron chi connectivity index (χ2n) is 7.30. The minimum atomic E-state index is -0.202. The number of fused-ring (bicyclic) bond motifs is 1. The first-order valence-electron chi connectivity index (χ1n) is 10.0. The molecule has 1 N–H and O–H groups in total. The molecule has 3 aromatic rings. The fourth-order valence-corrected chi connectivity index (χ4v) is 3.52. The lowest BCUT2D eigenvalue weighted by molar-refractivity contribution is -0.132. The molecule has 10 nitrogen and oxygen atoms in total. The van der Waals surface area contributed by atoms with E-state index in [0.29, 0.717) is 50.6 Å². The number of hydrogen-bond acceptors (Lipinski definition) is 7. The Morgan fingerprint density at radius 3 is 2.67 bits per heavy atom. The van der Waals surface area contributed by atoms with Crippen LogP contribution in [0, 0.1) is 6.92 Å². The monoisotopic (exact) mass is 411 g/mol. The third-order valence-electron chi connectivity index (χ3n) is 5.22. The van der Waals surface area contributed by atoms with Gasteiger partial charge in [0.15, 0.2) is 0 Å².